The molecule has 2 heterocycles. The standard InChI is InChI=1S/C22H30N2O9P/c1-4-31-34(27,32-5-2)16-30-20-13-18(28-3)21(33-20)23-12-11-19(25)24(22(23)26)15-29-14-17-9-7-6-8-10-17/h6-13,18,20-21H,4-5,14-16H2,1-3H3/t18-,20+,21-/m1/s1. The highest BCUT2D eigenvalue weighted by Gasteiger charge is 2.40. The van der Waals surface area contributed by atoms with Crippen LogP contribution in [-0.4, -0.2) is 48.2 Å². The van der Waals surface area contributed by atoms with Gasteiger partial charge in [0.15, 0.2) is 18.9 Å². The van der Waals surface area contributed by atoms with Gasteiger partial charge in [0, 0.05) is 19.4 Å². The molecule has 1 aromatic heterocycles. The van der Waals surface area contributed by atoms with Gasteiger partial charge < -0.3 is 28.0 Å². The minimum absolute atomic E-state index is 0.197. The molecule has 1 aliphatic heterocycles. The molecule has 11 nitrogen and oxygen atoms in total. The molecule has 0 spiro atoms. The van der Waals surface area contributed by atoms with Gasteiger partial charge in [-0.1, -0.05) is 30.3 Å². The van der Waals surface area contributed by atoms with E-state index in [1.807, 2.05) is 30.3 Å². The highest BCUT2D eigenvalue weighted by molar-refractivity contribution is 7.53. The van der Waals surface area contributed by atoms with Gasteiger partial charge in [0.25, 0.3) is 5.56 Å². The lowest BCUT2D eigenvalue weighted by Gasteiger charge is -2.21. The van der Waals surface area contributed by atoms with E-state index in [4.69, 9.17) is 28.0 Å². The molecule has 3 atom stereocenters. The lowest BCUT2D eigenvalue weighted by molar-refractivity contribution is -0.144. The first-order valence-corrected chi connectivity index (χ1v) is 12.6. The lowest BCUT2D eigenvalue weighted by Crippen LogP contribution is -2.42. The summed E-state index contributed by atoms with van der Waals surface area (Å²) in [5.74, 6) is 0. The van der Waals surface area contributed by atoms with Crippen molar-refractivity contribution in [3.63, 3.8) is 0 Å². The van der Waals surface area contributed by atoms with Gasteiger partial charge in [-0.25, -0.2) is 9.36 Å². The van der Waals surface area contributed by atoms with E-state index in [1.165, 1.54) is 23.9 Å². The summed E-state index contributed by atoms with van der Waals surface area (Å²) >= 11 is 0. The minimum atomic E-state index is -3.45. The number of hydrogen-bond donors (Lipinski definition) is 0. The third-order valence-electron chi connectivity index (χ3n) is 4.92. The Morgan fingerprint density at radius 2 is 1.76 bits per heavy atom. The Hall–Kier alpha value is -2.11. The van der Waals surface area contributed by atoms with Crippen LogP contribution in [0.1, 0.15) is 25.6 Å². The van der Waals surface area contributed by atoms with Crippen molar-refractivity contribution in [1.29, 1.82) is 0 Å². The molecule has 0 saturated carbocycles. The predicted molar refractivity (Wildman–Crippen MR) is 122 cm³/mol. The molecule has 0 bridgehead atoms. The van der Waals surface area contributed by atoms with Gasteiger partial charge in [-0.2, -0.15) is 0 Å². The van der Waals surface area contributed by atoms with E-state index in [9.17, 15) is 14.2 Å². The SMILES string of the molecule is CCOP(=O)(CO[C@@H]1[CH][C@@H](OC)[C@H](n2ccc(=O)n(COCc3ccccc3)c2=O)O1)OCC. The molecule has 0 aliphatic carbocycles. The van der Waals surface area contributed by atoms with Gasteiger partial charge in [0.2, 0.25) is 0 Å². The van der Waals surface area contributed by atoms with Crippen molar-refractivity contribution in [2.45, 2.75) is 45.8 Å². The zero-order valence-corrected chi connectivity index (χ0v) is 20.3. The molecule has 1 radical (unpaired) electrons. The summed E-state index contributed by atoms with van der Waals surface area (Å²) in [5.41, 5.74) is -0.222. The average Bonchev–Trinajstić information content (AvgIpc) is 3.24. The highest BCUT2D eigenvalue weighted by atomic mass is 31.2. The van der Waals surface area contributed by atoms with Gasteiger partial charge in [-0.15, -0.1) is 0 Å². The van der Waals surface area contributed by atoms with Crippen molar-refractivity contribution >= 4 is 7.60 Å². The number of nitrogens with zero attached hydrogens (tertiary/aromatic N) is 2. The number of rotatable bonds is 13. The normalized spacial score (nSPS) is 20.6. The molecule has 0 amide bonds. The largest absolute Gasteiger partial charge is 0.376 e. The number of aromatic nitrogens is 2. The van der Waals surface area contributed by atoms with Crippen LogP contribution in [-0.2, 0) is 45.9 Å². The van der Waals surface area contributed by atoms with Crippen LogP contribution in [0.4, 0.5) is 0 Å². The maximum absolute atomic E-state index is 13.0. The van der Waals surface area contributed by atoms with Gasteiger partial charge in [-0.3, -0.25) is 13.9 Å². The van der Waals surface area contributed by atoms with E-state index in [1.54, 1.807) is 20.3 Å². The van der Waals surface area contributed by atoms with Gasteiger partial charge in [-0.05, 0) is 19.4 Å². The monoisotopic (exact) mass is 497 g/mol. The Kier molecular flexibility index (Phi) is 9.78. The van der Waals surface area contributed by atoms with Gasteiger partial charge in [0.1, 0.15) is 12.8 Å². The maximum atomic E-state index is 13.0. The molecule has 1 saturated heterocycles. The molecule has 34 heavy (non-hydrogen) atoms. The van der Waals surface area contributed by atoms with Crippen LogP contribution >= 0.6 is 7.60 Å². The average molecular weight is 497 g/mol. The summed E-state index contributed by atoms with van der Waals surface area (Å²) in [4.78, 5) is 25.4. The van der Waals surface area contributed by atoms with Crippen LogP contribution in [0.5, 0.6) is 0 Å². The van der Waals surface area contributed by atoms with Crippen LogP contribution in [0, 0.1) is 6.42 Å². The Bertz CT molecular complexity index is 1060. The first kappa shape index (κ1) is 26.5. The Labute approximate surface area is 197 Å². The van der Waals surface area contributed by atoms with Crippen molar-refractivity contribution in [2.75, 3.05) is 26.7 Å². The molecule has 3 rings (SSSR count). The summed E-state index contributed by atoms with van der Waals surface area (Å²) in [6, 6.07) is 10.6. The number of ether oxygens (including phenoxy) is 4. The second kappa shape index (κ2) is 12.6. The quantitative estimate of drug-likeness (QED) is 0.385. The Morgan fingerprint density at radius 3 is 2.41 bits per heavy atom. The van der Waals surface area contributed by atoms with Crippen LogP contribution in [0.15, 0.2) is 52.2 Å². The van der Waals surface area contributed by atoms with Crippen molar-refractivity contribution in [3.05, 3.63) is 75.4 Å². The molecule has 187 valence electrons. The van der Waals surface area contributed by atoms with Gasteiger partial charge >= 0.3 is 13.3 Å². The second-order valence-corrected chi connectivity index (χ2v) is 9.26. The van der Waals surface area contributed by atoms with Crippen molar-refractivity contribution in [2.24, 2.45) is 0 Å². The summed E-state index contributed by atoms with van der Waals surface area (Å²) in [5, 5.41) is 0. The van der Waals surface area contributed by atoms with E-state index in [0.29, 0.717) is 0 Å². The molecular formula is C22H30N2O9P. The fourth-order valence-electron chi connectivity index (χ4n) is 3.37. The molecule has 2 aromatic rings. The predicted octanol–water partition coefficient (Wildman–Crippen LogP) is 2.50. The summed E-state index contributed by atoms with van der Waals surface area (Å²) < 4.78 is 47.7. The molecule has 1 aromatic carbocycles. The van der Waals surface area contributed by atoms with E-state index in [0.717, 1.165) is 10.1 Å². The summed E-state index contributed by atoms with van der Waals surface area (Å²) in [6.45, 7) is 3.81. The molecule has 0 unspecified atom stereocenters. The number of hydrogen-bond acceptors (Lipinski definition) is 9. The van der Waals surface area contributed by atoms with Crippen LogP contribution in [0.25, 0.3) is 0 Å². The van der Waals surface area contributed by atoms with Gasteiger partial charge in [0.05, 0.1) is 26.2 Å². The lowest BCUT2D eigenvalue weighted by atomic mass is 10.2. The van der Waals surface area contributed by atoms with Crippen molar-refractivity contribution < 1.29 is 32.6 Å². The van der Waals surface area contributed by atoms with E-state index in [2.05, 4.69) is 0 Å². The van der Waals surface area contributed by atoms with E-state index in [-0.39, 0.29) is 32.9 Å². The zero-order chi connectivity index (χ0) is 24.6. The third kappa shape index (κ3) is 6.73. The van der Waals surface area contributed by atoms with Crippen molar-refractivity contribution in [1.82, 2.24) is 9.13 Å². The first-order chi connectivity index (χ1) is 16.4. The number of methoxy groups -OCH3 is 1. The smallest absolute Gasteiger partial charge is 0.356 e. The maximum Gasteiger partial charge on any atom is 0.356 e. The zero-order valence-electron chi connectivity index (χ0n) is 19.4. The highest BCUT2D eigenvalue weighted by Crippen LogP contribution is 2.48. The van der Waals surface area contributed by atoms with Crippen LogP contribution in [0.2, 0.25) is 0 Å². The topological polar surface area (TPSA) is 116 Å². The Balaban J connectivity index is 1.70. The molecule has 0 N–H and O–H groups in total. The molecule has 12 heteroatoms. The summed E-state index contributed by atoms with van der Waals surface area (Å²) in [7, 11) is -1.99. The summed E-state index contributed by atoms with van der Waals surface area (Å²) in [6.07, 6.45) is 0.0584. The first-order valence-electron chi connectivity index (χ1n) is 10.9. The third-order valence-corrected chi connectivity index (χ3v) is 6.69. The fraction of sp³-hybridized carbons (Fsp3) is 0.500. The number of benzene rings is 1. The second-order valence-electron chi connectivity index (χ2n) is 7.27. The fourth-order valence-corrected chi connectivity index (χ4v) is 4.71. The van der Waals surface area contributed by atoms with Crippen LogP contribution in [0.3, 0.4) is 0 Å². The molecular weight excluding hydrogens is 467 g/mol. The van der Waals surface area contributed by atoms with Crippen molar-refractivity contribution in [3.8, 4) is 0 Å². The molecule has 1 fully saturated rings. The molecule has 1 aliphatic rings. The minimum Gasteiger partial charge on any atom is -0.376 e. The van der Waals surface area contributed by atoms with E-state index < -0.39 is 37.5 Å². The van der Waals surface area contributed by atoms with E-state index >= 15 is 0 Å². The Morgan fingerprint density at radius 1 is 1.06 bits per heavy atom. The van der Waals surface area contributed by atoms with Crippen LogP contribution < -0.4 is 11.2 Å².